The van der Waals surface area contributed by atoms with Crippen LogP contribution in [0.15, 0.2) is 60.9 Å². The molecule has 0 aliphatic carbocycles. The van der Waals surface area contributed by atoms with Crippen molar-refractivity contribution < 1.29 is 9.53 Å². The molecule has 2 aromatic heterocycles. The normalized spacial score (nSPS) is 14.4. The SMILES string of the molecule is CCOc1ccc2nc(NC(=O)C3CCN(c4cc(-c5ccccc5)ncn4)CC3)sc2c1. The highest BCUT2D eigenvalue weighted by molar-refractivity contribution is 7.22. The van der Waals surface area contributed by atoms with Gasteiger partial charge in [-0.2, -0.15) is 0 Å². The average molecular weight is 460 g/mol. The lowest BCUT2D eigenvalue weighted by molar-refractivity contribution is -0.120. The van der Waals surface area contributed by atoms with Crippen molar-refractivity contribution >= 4 is 38.4 Å². The first kappa shape index (κ1) is 21.3. The highest BCUT2D eigenvalue weighted by Gasteiger charge is 2.26. The molecule has 0 unspecified atom stereocenters. The number of benzene rings is 2. The lowest BCUT2D eigenvalue weighted by Gasteiger charge is -2.32. The molecular weight excluding hydrogens is 434 g/mol. The Morgan fingerprint density at radius 2 is 1.94 bits per heavy atom. The molecule has 1 saturated heterocycles. The van der Waals surface area contributed by atoms with E-state index in [0.717, 1.165) is 59.0 Å². The first-order chi connectivity index (χ1) is 16.2. The summed E-state index contributed by atoms with van der Waals surface area (Å²) in [6.45, 7) is 4.14. The molecule has 1 aliphatic heterocycles. The molecular formula is C25H25N5O2S. The number of hydrogen-bond acceptors (Lipinski definition) is 7. The van der Waals surface area contributed by atoms with E-state index in [-0.39, 0.29) is 11.8 Å². The number of aromatic nitrogens is 3. The summed E-state index contributed by atoms with van der Waals surface area (Å²) in [5.41, 5.74) is 2.84. The molecule has 0 saturated carbocycles. The number of amides is 1. The molecule has 3 heterocycles. The average Bonchev–Trinajstić information content (AvgIpc) is 3.26. The van der Waals surface area contributed by atoms with Crippen molar-refractivity contribution in [3.8, 4) is 17.0 Å². The minimum atomic E-state index is -0.0392. The zero-order chi connectivity index (χ0) is 22.6. The molecule has 1 fully saturated rings. The number of ether oxygens (including phenoxy) is 1. The third-order valence-electron chi connectivity index (χ3n) is 5.81. The second-order valence-electron chi connectivity index (χ2n) is 7.96. The van der Waals surface area contributed by atoms with Gasteiger partial charge in [-0.05, 0) is 38.0 Å². The molecule has 7 nitrogen and oxygen atoms in total. The van der Waals surface area contributed by atoms with E-state index in [1.165, 1.54) is 11.3 Å². The topological polar surface area (TPSA) is 80.2 Å². The predicted octanol–water partition coefficient (Wildman–Crippen LogP) is 5.01. The Morgan fingerprint density at radius 1 is 1.12 bits per heavy atom. The van der Waals surface area contributed by atoms with Crippen molar-refractivity contribution in [1.82, 2.24) is 15.0 Å². The van der Waals surface area contributed by atoms with Gasteiger partial charge in [-0.1, -0.05) is 41.7 Å². The number of piperidine rings is 1. The Kier molecular flexibility index (Phi) is 6.17. The van der Waals surface area contributed by atoms with Crippen molar-refractivity contribution in [3.05, 3.63) is 60.9 Å². The van der Waals surface area contributed by atoms with Crippen LogP contribution in [0.2, 0.25) is 0 Å². The van der Waals surface area contributed by atoms with Gasteiger partial charge in [0, 0.05) is 30.6 Å². The van der Waals surface area contributed by atoms with Crippen LogP contribution in [0, 0.1) is 5.92 Å². The molecule has 33 heavy (non-hydrogen) atoms. The molecule has 1 amide bonds. The molecule has 4 aromatic rings. The minimum absolute atomic E-state index is 0.0337. The Labute approximate surface area is 196 Å². The summed E-state index contributed by atoms with van der Waals surface area (Å²) in [4.78, 5) is 28.5. The van der Waals surface area contributed by atoms with Crippen LogP contribution in [0.25, 0.3) is 21.5 Å². The van der Waals surface area contributed by atoms with Crippen molar-refractivity contribution in [1.29, 1.82) is 0 Å². The number of hydrogen-bond donors (Lipinski definition) is 1. The van der Waals surface area contributed by atoms with Crippen molar-refractivity contribution in [2.24, 2.45) is 5.92 Å². The van der Waals surface area contributed by atoms with Crippen molar-refractivity contribution in [2.45, 2.75) is 19.8 Å². The van der Waals surface area contributed by atoms with Gasteiger partial charge in [0.2, 0.25) is 5.91 Å². The molecule has 0 bridgehead atoms. The fourth-order valence-corrected chi connectivity index (χ4v) is 4.98. The van der Waals surface area contributed by atoms with E-state index in [2.05, 4.69) is 25.2 Å². The quantitative estimate of drug-likeness (QED) is 0.437. The van der Waals surface area contributed by atoms with E-state index < -0.39 is 0 Å². The molecule has 8 heteroatoms. The lowest BCUT2D eigenvalue weighted by Crippen LogP contribution is -2.38. The first-order valence-corrected chi connectivity index (χ1v) is 12.0. The standard InChI is InChI=1S/C25H25N5O2S/c1-2-32-19-8-9-20-22(14-19)33-25(28-20)29-24(31)18-10-12-30(13-11-18)23-15-21(26-16-27-23)17-6-4-3-5-7-17/h3-9,14-16,18H,2,10-13H2,1H3,(H,28,29,31). The fourth-order valence-electron chi connectivity index (χ4n) is 4.08. The van der Waals surface area contributed by atoms with Gasteiger partial charge in [0.15, 0.2) is 5.13 Å². The van der Waals surface area contributed by atoms with Crippen molar-refractivity contribution in [3.63, 3.8) is 0 Å². The van der Waals surface area contributed by atoms with E-state index in [4.69, 9.17) is 4.74 Å². The van der Waals surface area contributed by atoms with Crippen LogP contribution in [0.1, 0.15) is 19.8 Å². The van der Waals surface area contributed by atoms with E-state index in [1.807, 2.05) is 61.5 Å². The number of thiazole rings is 1. The fraction of sp³-hybridized carbons (Fsp3) is 0.280. The molecule has 1 aliphatic rings. The Hall–Kier alpha value is -3.52. The number of anilines is 2. The number of nitrogens with zero attached hydrogens (tertiary/aromatic N) is 4. The number of nitrogens with one attached hydrogen (secondary N) is 1. The van der Waals surface area contributed by atoms with Gasteiger partial charge in [-0.15, -0.1) is 0 Å². The van der Waals surface area contributed by atoms with Gasteiger partial charge in [0.05, 0.1) is 22.5 Å². The first-order valence-electron chi connectivity index (χ1n) is 11.2. The van der Waals surface area contributed by atoms with Crippen LogP contribution >= 0.6 is 11.3 Å². The smallest absolute Gasteiger partial charge is 0.229 e. The monoisotopic (exact) mass is 459 g/mol. The summed E-state index contributed by atoms with van der Waals surface area (Å²) in [5, 5.41) is 3.65. The third-order valence-corrected chi connectivity index (χ3v) is 6.75. The van der Waals surface area contributed by atoms with Gasteiger partial charge in [0.25, 0.3) is 0 Å². The second-order valence-corrected chi connectivity index (χ2v) is 8.99. The van der Waals surface area contributed by atoms with Gasteiger partial charge in [-0.25, -0.2) is 15.0 Å². The summed E-state index contributed by atoms with van der Waals surface area (Å²) >= 11 is 1.48. The molecule has 0 atom stereocenters. The maximum absolute atomic E-state index is 12.9. The predicted molar refractivity (Wildman–Crippen MR) is 132 cm³/mol. The van der Waals surface area contributed by atoms with Gasteiger partial charge >= 0.3 is 0 Å². The van der Waals surface area contributed by atoms with Crippen LogP contribution in [0.5, 0.6) is 5.75 Å². The number of rotatable bonds is 6. The van der Waals surface area contributed by atoms with Gasteiger partial charge in [-0.3, -0.25) is 4.79 Å². The highest BCUT2D eigenvalue weighted by atomic mass is 32.1. The number of fused-ring (bicyclic) bond motifs is 1. The van der Waals surface area contributed by atoms with Gasteiger partial charge < -0.3 is 15.0 Å². The van der Waals surface area contributed by atoms with E-state index in [0.29, 0.717) is 11.7 Å². The number of carbonyl (C=O) groups excluding carboxylic acids is 1. The maximum Gasteiger partial charge on any atom is 0.229 e. The second kappa shape index (κ2) is 9.54. The Bertz CT molecular complexity index is 1250. The summed E-state index contributed by atoms with van der Waals surface area (Å²) in [6, 6.07) is 17.9. The molecule has 168 valence electrons. The summed E-state index contributed by atoms with van der Waals surface area (Å²) in [6.07, 6.45) is 3.16. The number of carbonyl (C=O) groups is 1. The Morgan fingerprint density at radius 3 is 2.73 bits per heavy atom. The maximum atomic E-state index is 12.9. The van der Waals surface area contributed by atoms with Crippen LogP contribution in [-0.2, 0) is 4.79 Å². The molecule has 1 N–H and O–H groups in total. The van der Waals surface area contributed by atoms with E-state index >= 15 is 0 Å². The minimum Gasteiger partial charge on any atom is -0.494 e. The van der Waals surface area contributed by atoms with Crippen molar-refractivity contribution in [2.75, 3.05) is 29.9 Å². The van der Waals surface area contributed by atoms with Crippen LogP contribution in [0.4, 0.5) is 10.9 Å². The van der Waals surface area contributed by atoms with Crippen LogP contribution in [0.3, 0.4) is 0 Å². The van der Waals surface area contributed by atoms with E-state index in [9.17, 15) is 4.79 Å². The summed E-state index contributed by atoms with van der Waals surface area (Å²) in [7, 11) is 0. The highest BCUT2D eigenvalue weighted by Crippen LogP contribution is 2.31. The van der Waals surface area contributed by atoms with Crippen LogP contribution in [-0.4, -0.2) is 40.6 Å². The zero-order valence-electron chi connectivity index (χ0n) is 18.4. The molecule has 0 radical (unpaired) electrons. The Balaban J connectivity index is 1.21. The molecule has 5 rings (SSSR count). The lowest BCUT2D eigenvalue weighted by atomic mass is 9.96. The molecule has 0 spiro atoms. The summed E-state index contributed by atoms with van der Waals surface area (Å²) in [5.74, 6) is 1.71. The largest absolute Gasteiger partial charge is 0.494 e. The van der Waals surface area contributed by atoms with Crippen LogP contribution < -0.4 is 15.0 Å². The van der Waals surface area contributed by atoms with E-state index in [1.54, 1.807) is 6.33 Å². The third kappa shape index (κ3) is 4.80. The van der Waals surface area contributed by atoms with Gasteiger partial charge in [0.1, 0.15) is 17.9 Å². The zero-order valence-corrected chi connectivity index (χ0v) is 19.2. The molecule has 2 aromatic carbocycles. The summed E-state index contributed by atoms with van der Waals surface area (Å²) < 4.78 is 6.56.